The number of fused-ring (bicyclic) bond motifs is 1. The van der Waals surface area contributed by atoms with E-state index in [9.17, 15) is 19.5 Å². The van der Waals surface area contributed by atoms with Gasteiger partial charge in [0.15, 0.2) is 5.78 Å². The molecule has 0 saturated carbocycles. The van der Waals surface area contributed by atoms with Crippen molar-refractivity contribution in [3.63, 3.8) is 0 Å². The number of nitrogens with zero attached hydrogens (tertiary/aromatic N) is 1. The Labute approximate surface area is 136 Å². The average Bonchev–Trinajstić information content (AvgIpc) is 2.59. The van der Waals surface area contributed by atoms with E-state index in [1.165, 1.54) is 18.9 Å². The highest BCUT2D eigenvalue weighted by molar-refractivity contribution is 8.00. The van der Waals surface area contributed by atoms with Gasteiger partial charge < -0.3 is 9.84 Å². The minimum absolute atomic E-state index is 0.0800. The number of carboxylic acid groups (broad SMARTS) is 1. The van der Waals surface area contributed by atoms with E-state index in [0.717, 1.165) is 4.90 Å². The standard InChI is InChI=1S/C15H14N2O5S/c1-22-15(16)13(21)17-10(12(19)20)9(7-23-14(15)17)11(18)8-5-3-2-4-6-8/h2-6,14H,7,16H2,1H3,(H,19,20)/t14-,15?/m1/s1. The summed E-state index contributed by atoms with van der Waals surface area (Å²) in [5.74, 6) is -2.26. The van der Waals surface area contributed by atoms with E-state index in [0.29, 0.717) is 5.56 Å². The monoisotopic (exact) mass is 334 g/mol. The Bertz CT molecular complexity index is 733. The summed E-state index contributed by atoms with van der Waals surface area (Å²) in [6, 6.07) is 8.35. The lowest BCUT2D eigenvalue weighted by molar-refractivity contribution is -0.182. The third-order valence-corrected chi connectivity index (χ3v) is 5.25. The summed E-state index contributed by atoms with van der Waals surface area (Å²) < 4.78 is 5.03. The van der Waals surface area contributed by atoms with Crippen LogP contribution in [0.3, 0.4) is 0 Å². The number of nitrogens with two attached hydrogens (primary N) is 1. The quantitative estimate of drug-likeness (QED) is 0.466. The number of ether oxygens (including phenoxy) is 1. The van der Waals surface area contributed by atoms with Gasteiger partial charge in [-0.15, -0.1) is 11.8 Å². The van der Waals surface area contributed by atoms with Crippen LogP contribution in [0, 0.1) is 0 Å². The van der Waals surface area contributed by atoms with Crippen LogP contribution < -0.4 is 5.73 Å². The second-order valence-corrected chi connectivity index (χ2v) is 6.23. The number of hydrogen-bond donors (Lipinski definition) is 2. The first-order chi connectivity index (χ1) is 10.9. The second-order valence-electron chi connectivity index (χ2n) is 5.16. The molecule has 2 heterocycles. The molecule has 0 spiro atoms. The first-order valence-corrected chi connectivity index (χ1v) is 7.82. The number of carboxylic acids is 1. The first-order valence-electron chi connectivity index (χ1n) is 6.77. The third kappa shape index (κ3) is 2.18. The summed E-state index contributed by atoms with van der Waals surface area (Å²) in [5, 5.41) is 8.84. The van der Waals surface area contributed by atoms with E-state index >= 15 is 0 Å². The van der Waals surface area contributed by atoms with Crippen molar-refractivity contribution in [1.82, 2.24) is 4.90 Å². The van der Waals surface area contributed by atoms with Gasteiger partial charge in [-0.2, -0.15) is 0 Å². The predicted octanol–water partition coefficient (Wildman–Crippen LogP) is 0.425. The second kappa shape index (κ2) is 5.48. The number of amides is 1. The number of ketones is 1. The van der Waals surface area contributed by atoms with Gasteiger partial charge in [-0.3, -0.25) is 20.2 Å². The van der Waals surface area contributed by atoms with Crippen molar-refractivity contribution in [3.05, 3.63) is 47.2 Å². The van der Waals surface area contributed by atoms with Gasteiger partial charge in [-0.05, 0) is 0 Å². The Morgan fingerprint density at radius 3 is 2.61 bits per heavy atom. The molecule has 2 atom stereocenters. The van der Waals surface area contributed by atoms with Gasteiger partial charge in [0.2, 0.25) is 5.72 Å². The van der Waals surface area contributed by atoms with Crippen LogP contribution >= 0.6 is 11.8 Å². The Balaban J connectivity index is 2.04. The molecule has 1 aromatic carbocycles. The van der Waals surface area contributed by atoms with Crippen LogP contribution in [0.15, 0.2) is 41.6 Å². The van der Waals surface area contributed by atoms with Crippen LogP contribution in [0.1, 0.15) is 10.4 Å². The number of carbonyl (C=O) groups excluding carboxylic acids is 2. The van der Waals surface area contributed by atoms with Crippen molar-refractivity contribution in [2.75, 3.05) is 12.9 Å². The van der Waals surface area contributed by atoms with Gasteiger partial charge in [0, 0.05) is 24.0 Å². The molecule has 1 aromatic rings. The van der Waals surface area contributed by atoms with Crippen LogP contribution in [0.5, 0.6) is 0 Å². The molecule has 120 valence electrons. The summed E-state index contributed by atoms with van der Waals surface area (Å²) in [7, 11) is 1.30. The van der Waals surface area contributed by atoms with E-state index in [1.807, 2.05) is 0 Å². The molecule has 1 amide bonds. The highest BCUT2D eigenvalue weighted by Crippen LogP contribution is 2.45. The van der Waals surface area contributed by atoms with E-state index in [1.54, 1.807) is 30.3 Å². The molecule has 7 nitrogen and oxygen atoms in total. The molecular weight excluding hydrogens is 320 g/mol. The van der Waals surface area contributed by atoms with Crippen LogP contribution in [0.2, 0.25) is 0 Å². The molecule has 2 aliphatic heterocycles. The molecule has 1 unspecified atom stereocenters. The highest BCUT2D eigenvalue weighted by Gasteiger charge is 2.64. The SMILES string of the molecule is COC1(N)C(=O)N2C(C(=O)O)=C(C(=O)c3ccccc3)CS[C@@H]21. The van der Waals surface area contributed by atoms with E-state index < -0.39 is 28.8 Å². The minimum Gasteiger partial charge on any atom is -0.477 e. The van der Waals surface area contributed by atoms with Gasteiger partial charge in [-0.1, -0.05) is 30.3 Å². The molecule has 1 fully saturated rings. The van der Waals surface area contributed by atoms with E-state index in [4.69, 9.17) is 10.5 Å². The van der Waals surface area contributed by atoms with Crippen molar-refractivity contribution in [2.24, 2.45) is 5.73 Å². The molecule has 0 aliphatic carbocycles. The molecule has 3 rings (SSSR count). The predicted molar refractivity (Wildman–Crippen MR) is 82.5 cm³/mol. The van der Waals surface area contributed by atoms with Gasteiger partial charge in [0.1, 0.15) is 11.1 Å². The summed E-state index contributed by atoms with van der Waals surface area (Å²) >= 11 is 1.21. The number of carbonyl (C=O) groups is 3. The molecule has 0 radical (unpaired) electrons. The van der Waals surface area contributed by atoms with Gasteiger partial charge in [-0.25, -0.2) is 4.79 Å². The normalized spacial score (nSPS) is 26.6. The zero-order valence-corrected chi connectivity index (χ0v) is 13.0. The third-order valence-electron chi connectivity index (χ3n) is 3.92. The molecule has 0 bridgehead atoms. The lowest BCUT2D eigenvalue weighted by Crippen LogP contribution is -2.78. The number of methoxy groups -OCH3 is 1. The Morgan fingerprint density at radius 2 is 2.04 bits per heavy atom. The van der Waals surface area contributed by atoms with Gasteiger partial charge in [0.25, 0.3) is 5.91 Å². The van der Waals surface area contributed by atoms with Crippen LogP contribution in [-0.4, -0.2) is 51.6 Å². The summed E-state index contributed by atoms with van der Waals surface area (Å²) in [6.07, 6.45) is 0. The van der Waals surface area contributed by atoms with Crippen molar-refractivity contribution in [3.8, 4) is 0 Å². The summed E-state index contributed by atoms with van der Waals surface area (Å²) in [4.78, 5) is 37.5. The van der Waals surface area contributed by atoms with Gasteiger partial charge >= 0.3 is 5.97 Å². The number of hydrogen-bond acceptors (Lipinski definition) is 6. The van der Waals surface area contributed by atoms with Crippen LogP contribution in [-0.2, 0) is 14.3 Å². The lowest BCUT2D eigenvalue weighted by atomic mass is 9.96. The molecule has 8 heteroatoms. The van der Waals surface area contributed by atoms with Crippen molar-refractivity contribution in [1.29, 1.82) is 0 Å². The Hall–Kier alpha value is -2.16. The van der Waals surface area contributed by atoms with Crippen LogP contribution in [0.25, 0.3) is 0 Å². The van der Waals surface area contributed by atoms with Gasteiger partial charge in [0.05, 0.1) is 0 Å². The maximum absolute atomic E-state index is 12.6. The zero-order chi connectivity index (χ0) is 16.8. The Kier molecular flexibility index (Phi) is 3.75. The highest BCUT2D eigenvalue weighted by atomic mass is 32.2. The largest absolute Gasteiger partial charge is 0.477 e. The number of aliphatic carboxylic acids is 1. The van der Waals surface area contributed by atoms with E-state index in [-0.39, 0.29) is 17.0 Å². The van der Waals surface area contributed by atoms with Crippen molar-refractivity contribution >= 4 is 29.4 Å². The number of β-lactam (4-membered cyclic amide) rings is 1. The number of benzene rings is 1. The average molecular weight is 334 g/mol. The topological polar surface area (TPSA) is 110 Å². The fourth-order valence-corrected chi connectivity index (χ4v) is 4.06. The molecular formula is C15H14N2O5S. The molecule has 2 aliphatic rings. The first kappa shape index (κ1) is 15.7. The van der Waals surface area contributed by atoms with Crippen molar-refractivity contribution in [2.45, 2.75) is 11.1 Å². The molecule has 0 aromatic heterocycles. The number of thioether (sulfide) groups is 1. The number of rotatable bonds is 4. The summed E-state index contributed by atoms with van der Waals surface area (Å²) in [6.45, 7) is 0. The maximum atomic E-state index is 12.6. The Morgan fingerprint density at radius 1 is 1.39 bits per heavy atom. The molecule has 3 N–H and O–H groups in total. The smallest absolute Gasteiger partial charge is 0.353 e. The fraction of sp³-hybridized carbons (Fsp3) is 0.267. The lowest BCUT2D eigenvalue weighted by Gasteiger charge is -2.53. The van der Waals surface area contributed by atoms with Crippen molar-refractivity contribution < 1.29 is 24.2 Å². The number of Topliss-reactive ketones (excluding diaryl/α,β-unsaturated/α-hetero) is 1. The zero-order valence-electron chi connectivity index (χ0n) is 12.2. The van der Waals surface area contributed by atoms with Crippen LogP contribution in [0.4, 0.5) is 0 Å². The fourth-order valence-electron chi connectivity index (χ4n) is 2.68. The minimum atomic E-state index is -1.55. The maximum Gasteiger partial charge on any atom is 0.353 e. The molecule has 23 heavy (non-hydrogen) atoms. The summed E-state index contributed by atoms with van der Waals surface area (Å²) in [5.41, 5.74) is 4.45. The van der Waals surface area contributed by atoms with E-state index in [2.05, 4.69) is 0 Å². The molecule has 1 saturated heterocycles.